The van der Waals surface area contributed by atoms with Gasteiger partial charge in [0.2, 0.25) is 0 Å². The highest BCUT2D eigenvalue weighted by Gasteiger charge is 2.16. The molecule has 0 heterocycles. The molecular formula is C21H21N3O3S2. The Balaban J connectivity index is 1.69. The van der Waals surface area contributed by atoms with Gasteiger partial charge in [-0.15, -0.1) is 0 Å². The van der Waals surface area contributed by atoms with Crippen LogP contribution in [0.1, 0.15) is 5.56 Å². The van der Waals surface area contributed by atoms with Crippen LogP contribution in [-0.4, -0.2) is 20.6 Å². The molecular weight excluding hydrogens is 406 g/mol. The van der Waals surface area contributed by atoms with E-state index in [0.29, 0.717) is 22.2 Å². The first-order valence-corrected chi connectivity index (χ1v) is 10.7. The minimum absolute atomic E-state index is 0.131. The average Bonchev–Trinajstić information content (AvgIpc) is 2.70. The Hall–Kier alpha value is -3.10. The number of sulfonamides is 1. The summed E-state index contributed by atoms with van der Waals surface area (Å²) in [6.07, 6.45) is 0. The summed E-state index contributed by atoms with van der Waals surface area (Å²) >= 11 is 5.33. The molecule has 0 aliphatic carbocycles. The van der Waals surface area contributed by atoms with E-state index in [-0.39, 0.29) is 4.90 Å². The summed E-state index contributed by atoms with van der Waals surface area (Å²) in [7, 11) is -2.26. The van der Waals surface area contributed by atoms with Gasteiger partial charge in [-0.25, -0.2) is 8.42 Å². The molecule has 0 spiro atoms. The molecule has 29 heavy (non-hydrogen) atoms. The quantitative estimate of drug-likeness (QED) is 0.499. The molecule has 3 aromatic rings. The van der Waals surface area contributed by atoms with Crippen LogP contribution in [0.15, 0.2) is 77.7 Å². The van der Waals surface area contributed by atoms with Gasteiger partial charge in [0.1, 0.15) is 5.75 Å². The molecule has 0 bridgehead atoms. The van der Waals surface area contributed by atoms with Crippen molar-refractivity contribution in [2.75, 3.05) is 22.5 Å². The van der Waals surface area contributed by atoms with Crippen LogP contribution in [0.3, 0.4) is 0 Å². The lowest BCUT2D eigenvalue weighted by Crippen LogP contribution is -2.19. The molecule has 3 rings (SSSR count). The molecule has 0 amide bonds. The van der Waals surface area contributed by atoms with Crippen molar-refractivity contribution in [3.63, 3.8) is 0 Å². The summed E-state index contributed by atoms with van der Waals surface area (Å²) in [5, 5.41) is 6.59. The molecule has 0 aliphatic rings. The van der Waals surface area contributed by atoms with E-state index in [1.807, 2.05) is 31.2 Å². The monoisotopic (exact) mass is 427 g/mol. The third-order valence-corrected chi connectivity index (χ3v) is 5.75. The van der Waals surface area contributed by atoms with E-state index < -0.39 is 10.0 Å². The second-order valence-corrected chi connectivity index (χ2v) is 8.31. The van der Waals surface area contributed by atoms with Gasteiger partial charge in [0.25, 0.3) is 10.0 Å². The van der Waals surface area contributed by atoms with Gasteiger partial charge >= 0.3 is 0 Å². The molecule has 0 atom stereocenters. The zero-order chi connectivity index (χ0) is 20.9. The molecule has 0 saturated carbocycles. The zero-order valence-corrected chi connectivity index (χ0v) is 17.6. The van der Waals surface area contributed by atoms with Gasteiger partial charge in [0, 0.05) is 11.4 Å². The number of hydrogen-bond acceptors (Lipinski definition) is 4. The Morgan fingerprint density at radius 2 is 1.48 bits per heavy atom. The largest absolute Gasteiger partial charge is 0.495 e. The molecule has 0 aromatic heterocycles. The van der Waals surface area contributed by atoms with E-state index in [0.717, 1.165) is 11.3 Å². The Labute approximate surface area is 176 Å². The fraction of sp³-hybridized carbons (Fsp3) is 0.0952. The number of ether oxygens (including phenoxy) is 1. The van der Waals surface area contributed by atoms with E-state index in [9.17, 15) is 8.42 Å². The van der Waals surface area contributed by atoms with Gasteiger partial charge in [-0.2, -0.15) is 0 Å². The summed E-state index contributed by atoms with van der Waals surface area (Å²) in [6, 6.07) is 21.0. The van der Waals surface area contributed by atoms with E-state index in [1.165, 1.54) is 19.2 Å². The van der Waals surface area contributed by atoms with Gasteiger partial charge in [0.15, 0.2) is 5.11 Å². The number of rotatable bonds is 6. The number of anilines is 3. The Bertz CT molecular complexity index is 1110. The number of aryl methyl sites for hydroxylation is 1. The van der Waals surface area contributed by atoms with Crippen LogP contribution in [0.25, 0.3) is 0 Å². The van der Waals surface area contributed by atoms with Gasteiger partial charge in [-0.1, -0.05) is 30.3 Å². The lowest BCUT2D eigenvalue weighted by molar-refractivity contribution is 0.417. The van der Waals surface area contributed by atoms with Crippen LogP contribution < -0.4 is 20.1 Å². The highest BCUT2D eigenvalue weighted by atomic mass is 32.2. The number of methoxy groups -OCH3 is 1. The Kier molecular flexibility index (Phi) is 6.36. The van der Waals surface area contributed by atoms with Crippen LogP contribution in [0.2, 0.25) is 0 Å². The second kappa shape index (κ2) is 8.93. The van der Waals surface area contributed by atoms with E-state index in [1.54, 1.807) is 36.4 Å². The third kappa shape index (κ3) is 5.24. The normalized spacial score (nSPS) is 10.8. The maximum absolute atomic E-state index is 12.7. The Morgan fingerprint density at radius 3 is 2.14 bits per heavy atom. The fourth-order valence-corrected chi connectivity index (χ4v) is 3.95. The summed E-state index contributed by atoms with van der Waals surface area (Å²) in [5.74, 6) is 0.446. The maximum Gasteiger partial charge on any atom is 0.262 e. The average molecular weight is 428 g/mol. The van der Waals surface area contributed by atoms with Crippen molar-refractivity contribution in [1.82, 2.24) is 0 Å². The maximum atomic E-state index is 12.7. The van der Waals surface area contributed by atoms with Crippen LogP contribution >= 0.6 is 12.2 Å². The van der Waals surface area contributed by atoms with E-state index in [4.69, 9.17) is 17.0 Å². The molecule has 8 heteroatoms. The number of benzene rings is 3. The first-order valence-electron chi connectivity index (χ1n) is 8.78. The molecule has 3 aromatic carbocycles. The van der Waals surface area contributed by atoms with Crippen molar-refractivity contribution in [1.29, 1.82) is 0 Å². The topological polar surface area (TPSA) is 79.5 Å². The predicted octanol–water partition coefficient (Wildman–Crippen LogP) is 4.61. The second-order valence-electron chi connectivity index (χ2n) is 6.22. The smallest absolute Gasteiger partial charge is 0.262 e. The molecule has 0 fully saturated rings. The molecule has 0 unspecified atom stereocenters. The molecule has 0 radical (unpaired) electrons. The third-order valence-electron chi connectivity index (χ3n) is 4.17. The van der Waals surface area contributed by atoms with Gasteiger partial charge in [-0.05, 0) is 67.2 Å². The van der Waals surface area contributed by atoms with Crippen molar-refractivity contribution in [2.24, 2.45) is 0 Å². The standard InChI is InChI=1S/C21H21N3O3S2/c1-15-7-3-4-8-18(15)23-21(28)22-16-11-13-17(14-12-16)29(25,26)24-19-9-5-6-10-20(19)27-2/h3-14,24H,1-2H3,(H2,22,23,28). The van der Waals surface area contributed by atoms with Crippen molar-refractivity contribution in [2.45, 2.75) is 11.8 Å². The molecule has 150 valence electrons. The molecule has 6 nitrogen and oxygen atoms in total. The van der Waals surface area contributed by atoms with Gasteiger partial charge in [-0.3, -0.25) is 4.72 Å². The number of thiocarbonyl (C=S) groups is 1. The predicted molar refractivity (Wildman–Crippen MR) is 121 cm³/mol. The summed E-state index contributed by atoms with van der Waals surface area (Å²) in [6.45, 7) is 1.99. The lowest BCUT2D eigenvalue weighted by atomic mass is 10.2. The molecule has 0 saturated heterocycles. The minimum atomic E-state index is -3.75. The minimum Gasteiger partial charge on any atom is -0.495 e. The number of hydrogen-bond donors (Lipinski definition) is 3. The van der Waals surface area contributed by atoms with Gasteiger partial charge in [0.05, 0.1) is 17.7 Å². The van der Waals surface area contributed by atoms with Crippen LogP contribution in [0.4, 0.5) is 17.1 Å². The summed E-state index contributed by atoms with van der Waals surface area (Å²) in [4.78, 5) is 0.131. The van der Waals surface area contributed by atoms with E-state index in [2.05, 4.69) is 15.4 Å². The van der Waals surface area contributed by atoms with Crippen LogP contribution in [-0.2, 0) is 10.0 Å². The Morgan fingerprint density at radius 1 is 0.862 bits per heavy atom. The highest BCUT2D eigenvalue weighted by Crippen LogP contribution is 2.26. The van der Waals surface area contributed by atoms with Crippen LogP contribution in [0, 0.1) is 6.92 Å². The summed E-state index contributed by atoms with van der Waals surface area (Å²) < 4.78 is 33.0. The first-order chi connectivity index (χ1) is 13.9. The van der Waals surface area contributed by atoms with E-state index >= 15 is 0 Å². The summed E-state index contributed by atoms with van der Waals surface area (Å²) in [5.41, 5.74) is 3.03. The first kappa shape index (κ1) is 20.6. The van der Waals surface area contributed by atoms with Gasteiger partial charge < -0.3 is 15.4 Å². The van der Waals surface area contributed by atoms with Crippen molar-refractivity contribution in [3.05, 3.63) is 78.4 Å². The van der Waals surface area contributed by atoms with Crippen molar-refractivity contribution in [3.8, 4) is 5.75 Å². The van der Waals surface area contributed by atoms with Crippen LogP contribution in [0.5, 0.6) is 5.75 Å². The number of para-hydroxylation sites is 3. The fourth-order valence-electron chi connectivity index (χ4n) is 2.65. The SMILES string of the molecule is COc1ccccc1NS(=O)(=O)c1ccc(NC(=S)Nc2ccccc2C)cc1. The molecule has 0 aliphatic heterocycles. The molecule has 3 N–H and O–H groups in total. The number of nitrogens with one attached hydrogen (secondary N) is 3. The zero-order valence-electron chi connectivity index (χ0n) is 16.0. The lowest BCUT2D eigenvalue weighted by Gasteiger charge is -2.14. The highest BCUT2D eigenvalue weighted by molar-refractivity contribution is 7.92. The van der Waals surface area contributed by atoms with Crippen molar-refractivity contribution >= 4 is 44.4 Å². The van der Waals surface area contributed by atoms with Crippen molar-refractivity contribution < 1.29 is 13.2 Å².